The van der Waals surface area contributed by atoms with Gasteiger partial charge in [0.15, 0.2) is 0 Å². The van der Waals surface area contributed by atoms with Gasteiger partial charge >= 0.3 is 5.92 Å². The summed E-state index contributed by atoms with van der Waals surface area (Å²) in [5.74, 6) is -2.55. The van der Waals surface area contributed by atoms with Crippen LogP contribution in [-0.2, 0) is 5.92 Å². The van der Waals surface area contributed by atoms with Crippen molar-refractivity contribution in [3.63, 3.8) is 0 Å². The van der Waals surface area contributed by atoms with Crippen molar-refractivity contribution in [2.45, 2.75) is 38.7 Å². The van der Waals surface area contributed by atoms with Gasteiger partial charge in [-0.2, -0.15) is 8.78 Å². The second kappa shape index (κ2) is 4.33. The third kappa shape index (κ3) is 2.46. The molecule has 0 N–H and O–H groups in total. The smallest absolute Gasteiger partial charge is 0.304 e. The first-order chi connectivity index (χ1) is 7.89. The zero-order chi connectivity index (χ0) is 12.6. The predicted molar refractivity (Wildman–Crippen MR) is 60.1 cm³/mol. The summed E-state index contributed by atoms with van der Waals surface area (Å²) in [4.78, 5) is 2.21. The van der Waals surface area contributed by atoms with Crippen LogP contribution in [0.4, 0.5) is 8.78 Å². The van der Waals surface area contributed by atoms with Gasteiger partial charge < -0.3 is 9.47 Å². The summed E-state index contributed by atoms with van der Waals surface area (Å²) >= 11 is 0. The number of piperidine rings is 1. The number of aromatic nitrogens is 3. The van der Waals surface area contributed by atoms with E-state index in [1.807, 2.05) is 7.05 Å². The van der Waals surface area contributed by atoms with Gasteiger partial charge in [0.05, 0.1) is 0 Å². The third-order valence-electron chi connectivity index (χ3n) is 3.31. The molecule has 0 saturated carbocycles. The van der Waals surface area contributed by atoms with Crippen molar-refractivity contribution in [3.8, 4) is 0 Å². The Morgan fingerprint density at radius 3 is 2.35 bits per heavy atom. The lowest BCUT2D eigenvalue weighted by Crippen LogP contribution is -2.33. The van der Waals surface area contributed by atoms with Crippen molar-refractivity contribution in [3.05, 3.63) is 11.6 Å². The van der Waals surface area contributed by atoms with E-state index in [4.69, 9.17) is 0 Å². The molecular weight excluding hydrogens is 226 g/mol. The molecule has 1 saturated heterocycles. The molecule has 0 amide bonds. The number of alkyl halides is 2. The molecular formula is C11H18F2N4. The topological polar surface area (TPSA) is 34.0 Å². The summed E-state index contributed by atoms with van der Waals surface area (Å²) in [6, 6.07) is 0.0991. The second-order valence-corrected chi connectivity index (χ2v) is 4.86. The molecule has 0 spiro atoms. The van der Waals surface area contributed by atoms with Gasteiger partial charge in [-0.05, 0) is 39.9 Å². The van der Waals surface area contributed by atoms with E-state index in [0.717, 1.165) is 32.9 Å². The summed E-state index contributed by atoms with van der Waals surface area (Å²) in [5.41, 5.74) is 0. The number of likely N-dealkylation sites (tertiary alicyclic amines) is 1. The van der Waals surface area contributed by atoms with Crippen LogP contribution < -0.4 is 0 Å². The minimum absolute atomic E-state index is 0.0991. The fraction of sp³-hybridized carbons (Fsp3) is 0.818. The van der Waals surface area contributed by atoms with E-state index < -0.39 is 5.92 Å². The van der Waals surface area contributed by atoms with Crippen molar-refractivity contribution >= 4 is 0 Å². The largest absolute Gasteiger partial charge is 0.307 e. The van der Waals surface area contributed by atoms with Gasteiger partial charge in [0.2, 0.25) is 5.82 Å². The minimum Gasteiger partial charge on any atom is -0.307 e. The summed E-state index contributed by atoms with van der Waals surface area (Å²) < 4.78 is 28.5. The maximum absolute atomic E-state index is 13.4. The van der Waals surface area contributed by atoms with Crippen molar-refractivity contribution < 1.29 is 8.78 Å². The van der Waals surface area contributed by atoms with E-state index >= 15 is 0 Å². The highest BCUT2D eigenvalue weighted by molar-refractivity contribution is 5.03. The van der Waals surface area contributed by atoms with Crippen molar-refractivity contribution in [1.82, 2.24) is 19.7 Å². The maximum Gasteiger partial charge on any atom is 0.304 e. The first-order valence-electron chi connectivity index (χ1n) is 5.88. The quantitative estimate of drug-likeness (QED) is 0.797. The van der Waals surface area contributed by atoms with E-state index in [1.54, 1.807) is 11.5 Å². The maximum atomic E-state index is 13.4. The SMILES string of the molecule is Cc1nnc(C(C)(F)F)n1C1CCN(C)CC1. The Balaban J connectivity index is 2.28. The first-order valence-corrected chi connectivity index (χ1v) is 5.88. The molecule has 0 bridgehead atoms. The van der Waals surface area contributed by atoms with Gasteiger partial charge in [0, 0.05) is 13.0 Å². The molecule has 4 nitrogen and oxygen atoms in total. The zero-order valence-corrected chi connectivity index (χ0v) is 10.5. The Kier molecular flexibility index (Phi) is 3.16. The third-order valence-corrected chi connectivity index (χ3v) is 3.31. The zero-order valence-electron chi connectivity index (χ0n) is 10.5. The monoisotopic (exact) mass is 244 g/mol. The summed E-state index contributed by atoms with van der Waals surface area (Å²) in [7, 11) is 2.05. The van der Waals surface area contributed by atoms with E-state index in [-0.39, 0.29) is 11.9 Å². The van der Waals surface area contributed by atoms with Gasteiger partial charge in [-0.1, -0.05) is 0 Å². The Morgan fingerprint density at radius 2 is 1.82 bits per heavy atom. The van der Waals surface area contributed by atoms with Gasteiger partial charge in [-0.3, -0.25) is 0 Å². The van der Waals surface area contributed by atoms with Gasteiger partial charge in [0.25, 0.3) is 0 Å². The summed E-state index contributed by atoms with van der Waals surface area (Å²) in [6.07, 6.45) is 1.75. The lowest BCUT2D eigenvalue weighted by Gasteiger charge is -2.31. The van der Waals surface area contributed by atoms with E-state index in [0.29, 0.717) is 5.82 Å². The van der Waals surface area contributed by atoms with Crippen LogP contribution in [0.5, 0.6) is 0 Å². The molecule has 0 radical (unpaired) electrons. The number of nitrogens with zero attached hydrogens (tertiary/aromatic N) is 4. The van der Waals surface area contributed by atoms with Gasteiger partial charge in [-0.15, -0.1) is 10.2 Å². The Bertz CT molecular complexity index is 389. The predicted octanol–water partition coefficient (Wildman–Crippen LogP) is 1.96. The van der Waals surface area contributed by atoms with Crippen LogP contribution in [0, 0.1) is 6.92 Å². The Hall–Kier alpha value is -1.04. The highest BCUT2D eigenvalue weighted by atomic mass is 19.3. The Labute approximate surface area is 99.6 Å². The number of halogens is 2. The molecule has 1 fully saturated rings. The fourth-order valence-electron chi connectivity index (χ4n) is 2.36. The molecule has 0 aliphatic carbocycles. The average molecular weight is 244 g/mol. The Morgan fingerprint density at radius 1 is 1.24 bits per heavy atom. The molecule has 0 aromatic carbocycles. The van der Waals surface area contributed by atoms with Crippen LogP contribution in [0.2, 0.25) is 0 Å². The summed E-state index contributed by atoms with van der Waals surface area (Å²) in [6.45, 7) is 4.47. The number of aryl methyl sites for hydroxylation is 1. The van der Waals surface area contributed by atoms with Crippen molar-refractivity contribution in [1.29, 1.82) is 0 Å². The average Bonchev–Trinajstić information content (AvgIpc) is 2.61. The molecule has 17 heavy (non-hydrogen) atoms. The van der Waals surface area contributed by atoms with Gasteiger partial charge in [0.1, 0.15) is 5.82 Å². The van der Waals surface area contributed by atoms with Crippen LogP contribution in [0.3, 0.4) is 0 Å². The van der Waals surface area contributed by atoms with E-state index in [9.17, 15) is 8.78 Å². The molecule has 2 heterocycles. The van der Waals surface area contributed by atoms with E-state index in [2.05, 4.69) is 15.1 Å². The molecule has 2 rings (SSSR count). The van der Waals surface area contributed by atoms with Crippen LogP contribution in [0.15, 0.2) is 0 Å². The number of rotatable bonds is 2. The second-order valence-electron chi connectivity index (χ2n) is 4.86. The standard InChI is InChI=1S/C11H18F2N4/c1-8-14-15-10(11(2,12)13)17(8)9-4-6-16(3)7-5-9/h9H,4-7H2,1-3H3. The van der Waals surface area contributed by atoms with Crippen LogP contribution >= 0.6 is 0 Å². The fourth-order valence-corrected chi connectivity index (χ4v) is 2.36. The minimum atomic E-state index is -2.93. The van der Waals surface area contributed by atoms with Crippen LogP contribution in [-0.4, -0.2) is 39.8 Å². The molecule has 1 aromatic heterocycles. The van der Waals surface area contributed by atoms with Gasteiger partial charge in [-0.25, -0.2) is 0 Å². The van der Waals surface area contributed by atoms with Crippen LogP contribution in [0.25, 0.3) is 0 Å². The lowest BCUT2D eigenvalue weighted by atomic mass is 10.0. The summed E-state index contributed by atoms with van der Waals surface area (Å²) in [5, 5.41) is 7.43. The van der Waals surface area contributed by atoms with Crippen molar-refractivity contribution in [2.24, 2.45) is 0 Å². The highest BCUT2D eigenvalue weighted by Gasteiger charge is 2.35. The number of hydrogen-bond acceptors (Lipinski definition) is 3. The van der Waals surface area contributed by atoms with E-state index in [1.165, 1.54) is 0 Å². The number of hydrogen-bond donors (Lipinski definition) is 0. The molecule has 96 valence electrons. The molecule has 1 aliphatic rings. The first kappa shape index (κ1) is 12.4. The lowest BCUT2D eigenvalue weighted by molar-refractivity contribution is 0.000746. The molecule has 1 aromatic rings. The normalized spacial score (nSPS) is 19.8. The van der Waals surface area contributed by atoms with Crippen molar-refractivity contribution in [2.75, 3.05) is 20.1 Å². The molecule has 6 heteroatoms. The molecule has 0 atom stereocenters. The molecule has 1 aliphatic heterocycles. The molecule has 0 unspecified atom stereocenters. The van der Waals surface area contributed by atoms with Crippen LogP contribution in [0.1, 0.15) is 37.5 Å². The highest BCUT2D eigenvalue weighted by Crippen LogP contribution is 2.31.